The van der Waals surface area contributed by atoms with Gasteiger partial charge in [0, 0.05) is 13.1 Å². The Morgan fingerprint density at radius 1 is 1.56 bits per heavy atom. The summed E-state index contributed by atoms with van der Waals surface area (Å²) < 4.78 is 0. The van der Waals surface area contributed by atoms with E-state index in [1.165, 1.54) is 11.8 Å². The van der Waals surface area contributed by atoms with Gasteiger partial charge in [-0.3, -0.25) is 0 Å². The van der Waals surface area contributed by atoms with E-state index < -0.39 is 17.5 Å². The van der Waals surface area contributed by atoms with E-state index in [2.05, 4.69) is 5.32 Å². The maximum Gasteiger partial charge on any atom is 0.329 e. The average molecular weight is 255 g/mol. The van der Waals surface area contributed by atoms with Crippen LogP contribution >= 0.6 is 0 Å². The minimum absolute atomic E-state index is 0.210. The van der Waals surface area contributed by atoms with Crippen molar-refractivity contribution < 1.29 is 14.7 Å². The van der Waals surface area contributed by atoms with Crippen molar-refractivity contribution in [2.45, 2.75) is 51.6 Å². The summed E-state index contributed by atoms with van der Waals surface area (Å²) >= 11 is 0. The van der Waals surface area contributed by atoms with Crippen LogP contribution in [0.15, 0.2) is 0 Å². The number of urea groups is 1. The van der Waals surface area contributed by atoms with Gasteiger partial charge < -0.3 is 15.3 Å². The van der Waals surface area contributed by atoms with E-state index in [0.29, 0.717) is 12.8 Å². The number of aliphatic carboxylic acids is 1. The summed E-state index contributed by atoms with van der Waals surface area (Å²) in [4.78, 5) is 24.4. The van der Waals surface area contributed by atoms with E-state index in [0.717, 1.165) is 0 Å². The number of amides is 2. The first-order valence-corrected chi connectivity index (χ1v) is 5.93. The smallest absolute Gasteiger partial charge is 0.329 e. The lowest BCUT2D eigenvalue weighted by Gasteiger charge is -2.30. The third kappa shape index (κ3) is 4.24. The van der Waals surface area contributed by atoms with E-state index in [-0.39, 0.29) is 12.5 Å². The molecule has 2 N–H and O–H groups in total. The van der Waals surface area contributed by atoms with Crippen LogP contribution in [0.5, 0.6) is 0 Å². The predicted molar refractivity (Wildman–Crippen MR) is 66.9 cm³/mol. The highest BCUT2D eigenvalue weighted by molar-refractivity contribution is 5.85. The summed E-state index contributed by atoms with van der Waals surface area (Å²) in [6.07, 6.45) is 1.22. The zero-order valence-electron chi connectivity index (χ0n) is 11.4. The Bertz CT molecular complexity index is 351. The van der Waals surface area contributed by atoms with E-state index in [1.807, 2.05) is 13.0 Å². The lowest BCUT2D eigenvalue weighted by Crippen LogP contribution is -2.56. The summed E-state index contributed by atoms with van der Waals surface area (Å²) in [5.74, 6) is -1.06. The van der Waals surface area contributed by atoms with Crippen molar-refractivity contribution >= 4 is 12.0 Å². The van der Waals surface area contributed by atoms with Gasteiger partial charge in [0.2, 0.25) is 0 Å². The SMILES string of the molecule is CCCC(C)(NC(=O)N(C)C(C)CC#N)C(=O)O. The normalized spacial score (nSPS) is 15.1. The number of carboxylic acids is 1. The standard InChI is InChI=1S/C12H21N3O3/c1-5-7-12(3,10(16)17)14-11(18)15(4)9(2)6-8-13/h9H,5-7H2,1-4H3,(H,14,18)(H,16,17). The van der Waals surface area contributed by atoms with Gasteiger partial charge in [-0.25, -0.2) is 9.59 Å². The summed E-state index contributed by atoms with van der Waals surface area (Å²) in [6, 6.07) is 1.25. The van der Waals surface area contributed by atoms with Crippen LogP contribution in [-0.2, 0) is 4.79 Å². The van der Waals surface area contributed by atoms with E-state index in [9.17, 15) is 9.59 Å². The Hall–Kier alpha value is -1.77. The van der Waals surface area contributed by atoms with Gasteiger partial charge in [0.15, 0.2) is 0 Å². The van der Waals surface area contributed by atoms with Crippen LogP contribution in [-0.4, -0.2) is 40.6 Å². The van der Waals surface area contributed by atoms with Crippen LogP contribution in [0.1, 0.15) is 40.0 Å². The number of nitrogens with one attached hydrogen (secondary N) is 1. The van der Waals surface area contributed by atoms with Crippen LogP contribution in [0, 0.1) is 11.3 Å². The van der Waals surface area contributed by atoms with Gasteiger partial charge in [-0.2, -0.15) is 5.26 Å². The molecule has 0 saturated heterocycles. The number of carboxylic acid groups (broad SMARTS) is 1. The first-order chi connectivity index (χ1) is 8.28. The van der Waals surface area contributed by atoms with Gasteiger partial charge in [0.25, 0.3) is 0 Å². The van der Waals surface area contributed by atoms with Crippen LogP contribution in [0.3, 0.4) is 0 Å². The molecule has 0 bridgehead atoms. The number of nitrogens with zero attached hydrogens (tertiary/aromatic N) is 2. The van der Waals surface area contributed by atoms with E-state index >= 15 is 0 Å². The maximum atomic E-state index is 11.9. The molecule has 0 radical (unpaired) electrons. The number of hydrogen-bond acceptors (Lipinski definition) is 3. The van der Waals surface area contributed by atoms with Crippen LogP contribution in [0.4, 0.5) is 4.79 Å². The maximum absolute atomic E-state index is 11.9. The molecule has 6 nitrogen and oxygen atoms in total. The molecule has 0 aliphatic carbocycles. The second-order valence-electron chi connectivity index (χ2n) is 4.64. The molecule has 0 aromatic carbocycles. The molecule has 0 spiro atoms. The minimum atomic E-state index is -1.27. The fourth-order valence-electron chi connectivity index (χ4n) is 1.52. The summed E-state index contributed by atoms with van der Waals surface area (Å²) in [5.41, 5.74) is -1.27. The molecular weight excluding hydrogens is 234 g/mol. The Labute approximate surface area is 108 Å². The van der Waals surface area contributed by atoms with Crippen molar-refractivity contribution in [2.24, 2.45) is 0 Å². The molecule has 0 aliphatic heterocycles. The Morgan fingerprint density at radius 2 is 2.11 bits per heavy atom. The Morgan fingerprint density at radius 3 is 2.50 bits per heavy atom. The number of nitriles is 1. The first-order valence-electron chi connectivity index (χ1n) is 5.93. The fraction of sp³-hybridized carbons (Fsp3) is 0.750. The molecule has 0 aromatic rings. The second-order valence-corrected chi connectivity index (χ2v) is 4.64. The van der Waals surface area contributed by atoms with Crippen molar-refractivity contribution in [3.8, 4) is 6.07 Å². The van der Waals surface area contributed by atoms with Crippen molar-refractivity contribution in [3.63, 3.8) is 0 Å². The lowest BCUT2D eigenvalue weighted by atomic mass is 9.96. The highest BCUT2D eigenvalue weighted by Crippen LogP contribution is 2.14. The average Bonchev–Trinajstić information content (AvgIpc) is 2.28. The number of carbonyl (C=O) groups is 2. The molecule has 102 valence electrons. The van der Waals surface area contributed by atoms with Gasteiger partial charge in [-0.15, -0.1) is 0 Å². The molecular formula is C12H21N3O3. The Balaban J connectivity index is 4.71. The van der Waals surface area contributed by atoms with Gasteiger partial charge in [-0.05, 0) is 20.3 Å². The van der Waals surface area contributed by atoms with Gasteiger partial charge in [-0.1, -0.05) is 13.3 Å². The highest BCUT2D eigenvalue weighted by Gasteiger charge is 2.35. The van der Waals surface area contributed by atoms with Gasteiger partial charge in [0.05, 0.1) is 12.5 Å². The molecule has 0 heterocycles. The van der Waals surface area contributed by atoms with Crippen LogP contribution in [0.25, 0.3) is 0 Å². The zero-order chi connectivity index (χ0) is 14.3. The topological polar surface area (TPSA) is 93.4 Å². The van der Waals surface area contributed by atoms with Crippen LogP contribution < -0.4 is 5.32 Å². The molecule has 2 atom stereocenters. The third-order valence-corrected chi connectivity index (χ3v) is 2.97. The largest absolute Gasteiger partial charge is 0.480 e. The summed E-state index contributed by atoms with van der Waals surface area (Å²) in [7, 11) is 1.55. The van der Waals surface area contributed by atoms with E-state index in [1.54, 1.807) is 14.0 Å². The van der Waals surface area contributed by atoms with Gasteiger partial charge in [0.1, 0.15) is 5.54 Å². The van der Waals surface area contributed by atoms with Crippen molar-refractivity contribution in [1.82, 2.24) is 10.2 Å². The zero-order valence-corrected chi connectivity index (χ0v) is 11.4. The molecule has 0 fully saturated rings. The molecule has 0 saturated carbocycles. The molecule has 18 heavy (non-hydrogen) atoms. The third-order valence-electron chi connectivity index (χ3n) is 2.97. The van der Waals surface area contributed by atoms with Crippen molar-refractivity contribution in [2.75, 3.05) is 7.05 Å². The Kier molecular flexibility index (Phi) is 6.17. The fourth-order valence-corrected chi connectivity index (χ4v) is 1.52. The predicted octanol–water partition coefficient (Wildman–Crippen LogP) is 1.57. The van der Waals surface area contributed by atoms with Gasteiger partial charge >= 0.3 is 12.0 Å². The number of hydrogen-bond donors (Lipinski definition) is 2. The molecule has 0 aliphatic rings. The lowest BCUT2D eigenvalue weighted by molar-refractivity contribution is -0.144. The van der Waals surface area contributed by atoms with Crippen molar-refractivity contribution in [3.05, 3.63) is 0 Å². The molecule has 2 amide bonds. The monoisotopic (exact) mass is 255 g/mol. The molecule has 2 unspecified atom stereocenters. The first kappa shape index (κ1) is 16.2. The number of carbonyl (C=O) groups excluding carboxylic acids is 1. The summed E-state index contributed by atoms with van der Waals surface area (Å²) in [5, 5.41) is 20.2. The van der Waals surface area contributed by atoms with Crippen LogP contribution in [0.2, 0.25) is 0 Å². The number of rotatable bonds is 6. The highest BCUT2D eigenvalue weighted by atomic mass is 16.4. The molecule has 6 heteroatoms. The summed E-state index contributed by atoms with van der Waals surface area (Å²) in [6.45, 7) is 5.08. The van der Waals surface area contributed by atoms with Crippen molar-refractivity contribution in [1.29, 1.82) is 5.26 Å². The molecule has 0 aromatic heterocycles. The van der Waals surface area contributed by atoms with E-state index in [4.69, 9.17) is 10.4 Å². The second kappa shape index (κ2) is 6.84. The minimum Gasteiger partial charge on any atom is -0.480 e. The quantitative estimate of drug-likeness (QED) is 0.753. The molecule has 0 rings (SSSR count).